The van der Waals surface area contributed by atoms with Gasteiger partial charge in [0.1, 0.15) is 17.3 Å². The molecule has 3 rings (SSSR count). The van der Waals surface area contributed by atoms with E-state index >= 15 is 0 Å². The van der Waals surface area contributed by atoms with Gasteiger partial charge in [-0.2, -0.15) is 0 Å². The van der Waals surface area contributed by atoms with Crippen molar-refractivity contribution in [3.8, 4) is 11.5 Å². The van der Waals surface area contributed by atoms with Crippen molar-refractivity contribution in [1.29, 1.82) is 0 Å². The maximum atomic E-state index is 13.2. The van der Waals surface area contributed by atoms with Crippen molar-refractivity contribution in [2.45, 2.75) is 39.8 Å². The van der Waals surface area contributed by atoms with E-state index in [0.717, 1.165) is 13.1 Å². The molecule has 7 heteroatoms. The van der Waals surface area contributed by atoms with Crippen LogP contribution in [0, 0.1) is 0 Å². The molecule has 0 saturated carbocycles. The van der Waals surface area contributed by atoms with Crippen LogP contribution in [-0.4, -0.2) is 66.0 Å². The molecular weight excluding hydrogens is 432 g/mol. The van der Waals surface area contributed by atoms with E-state index in [4.69, 9.17) is 9.47 Å². The molecule has 1 N–H and O–H groups in total. The van der Waals surface area contributed by atoms with Crippen LogP contribution in [0.15, 0.2) is 54.1 Å². The van der Waals surface area contributed by atoms with Gasteiger partial charge in [-0.15, -0.1) is 0 Å². The summed E-state index contributed by atoms with van der Waals surface area (Å²) in [5, 5.41) is 11.2. The van der Waals surface area contributed by atoms with Crippen molar-refractivity contribution >= 4 is 17.4 Å². The largest absolute Gasteiger partial charge is 0.507 e. The molecule has 0 bridgehead atoms. The van der Waals surface area contributed by atoms with Gasteiger partial charge in [0.15, 0.2) is 0 Å². The average Bonchev–Trinajstić information content (AvgIpc) is 3.09. The molecule has 1 unspecified atom stereocenters. The zero-order valence-electron chi connectivity index (χ0n) is 20.6. The highest BCUT2D eigenvalue weighted by molar-refractivity contribution is 6.46. The number of nitrogens with zero attached hydrogens (tertiary/aromatic N) is 2. The Morgan fingerprint density at radius 3 is 2.38 bits per heavy atom. The standard InChI is InChI=1S/C27H34N2O5/c1-6-28(7-2)14-15-29-24(19-10-8-13-22(16-19)34-18(3)4)23(26(31)27(29)32)25(30)20-11-9-12-21(17-20)33-5/h8-13,16-18,24,30H,6-7,14-15H2,1-5H3/b25-23-. The van der Waals surface area contributed by atoms with Crippen molar-refractivity contribution < 1.29 is 24.2 Å². The molecule has 2 aromatic rings. The summed E-state index contributed by atoms with van der Waals surface area (Å²) >= 11 is 0. The highest BCUT2D eigenvalue weighted by Crippen LogP contribution is 2.40. The van der Waals surface area contributed by atoms with Gasteiger partial charge in [-0.05, 0) is 56.8 Å². The molecule has 1 fully saturated rings. The van der Waals surface area contributed by atoms with E-state index in [1.165, 1.54) is 7.11 Å². The molecule has 2 aromatic carbocycles. The Labute approximate surface area is 201 Å². The van der Waals surface area contributed by atoms with Gasteiger partial charge in [-0.25, -0.2) is 0 Å². The number of likely N-dealkylation sites (N-methyl/N-ethyl adjacent to an activating group) is 1. The summed E-state index contributed by atoms with van der Waals surface area (Å²) in [5.74, 6) is -0.341. The molecule has 1 amide bonds. The Bertz CT molecular complexity index is 1060. The minimum Gasteiger partial charge on any atom is -0.507 e. The lowest BCUT2D eigenvalue weighted by atomic mass is 9.95. The first-order valence-corrected chi connectivity index (χ1v) is 11.7. The first-order chi connectivity index (χ1) is 16.3. The van der Waals surface area contributed by atoms with Crippen LogP contribution < -0.4 is 9.47 Å². The lowest BCUT2D eigenvalue weighted by molar-refractivity contribution is -0.140. The van der Waals surface area contributed by atoms with Gasteiger partial charge in [-0.3, -0.25) is 9.59 Å². The number of aliphatic hydroxyl groups excluding tert-OH is 1. The number of hydrogen-bond acceptors (Lipinski definition) is 6. The fourth-order valence-corrected chi connectivity index (χ4v) is 4.20. The molecule has 1 saturated heterocycles. The van der Waals surface area contributed by atoms with E-state index in [1.54, 1.807) is 29.2 Å². The van der Waals surface area contributed by atoms with E-state index in [-0.39, 0.29) is 17.4 Å². The van der Waals surface area contributed by atoms with E-state index in [9.17, 15) is 14.7 Å². The summed E-state index contributed by atoms with van der Waals surface area (Å²) in [6.07, 6.45) is -0.0268. The minimum atomic E-state index is -0.725. The zero-order chi connectivity index (χ0) is 24.8. The molecule has 1 atom stereocenters. The van der Waals surface area contributed by atoms with Gasteiger partial charge in [0.2, 0.25) is 0 Å². The van der Waals surface area contributed by atoms with Gasteiger partial charge < -0.3 is 24.4 Å². The Balaban J connectivity index is 2.12. The number of ether oxygens (including phenoxy) is 2. The van der Waals surface area contributed by atoms with Crippen molar-refractivity contribution in [1.82, 2.24) is 9.80 Å². The number of likely N-dealkylation sites (tertiary alicyclic amines) is 1. The molecule has 1 heterocycles. The number of hydrogen-bond donors (Lipinski definition) is 1. The second-order valence-electron chi connectivity index (χ2n) is 8.49. The molecular formula is C27H34N2O5. The number of Topliss-reactive ketones (excluding diaryl/α,β-unsaturated/α-hetero) is 1. The van der Waals surface area contributed by atoms with Gasteiger partial charge in [0.25, 0.3) is 11.7 Å². The molecule has 1 aliphatic rings. The summed E-state index contributed by atoms with van der Waals surface area (Å²) < 4.78 is 11.1. The van der Waals surface area contributed by atoms with Crippen LogP contribution in [0.3, 0.4) is 0 Å². The number of methoxy groups -OCH3 is 1. The maximum Gasteiger partial charge on any atom is 0.295 e. The third kappa shape index (κ3) is 5.42. The zero-order valence-corrected chi connectivity index (χ0v) is 20.6. The first kappa shape index (κ1) is 25.3. The van der Waals surface area contributed by atoms with E-state index < -0.39 is 17.7 Å². The highest BCUT2D eigenvalue weighted by atomic mass is 16.5. The monoisotopic (exact) mass is 466 g/mol. The lowest BCUT2D eigenvalue weighted by Gasteiger charge is -2.28. The Hall–Kier alpha value is -3.32. The topological polar surface area (TPSA) is 79.3 Å². The number of rotatable bonds is 10. The number of carbonyl (C=O) groups excluding carboxylic acids is 2. The second-order valence-corrected chi connectivity index (χ2v) is 8.49. The average molecular weight is 467 g/mol. The number of amides is 1. The normalized spacial score (nSPS) is 17.6. The Morgan fingerprint density at radius 2 is 1.74 bits per heavy atom. The third-order valence-corrected chi connectivity index (χ3v) is 5.98. The van der Waals surface area contributed by atoms with Crippen molar-refractivity contribution in [3.63, 3.8) is 0 Å². The van der Waals surface area contributed by atoms with Crippen LogP contribution in [-0.2, 0) is 9.59 Å². The maximum absolute atomic E-state index is 13.2. The molecule has 0 radical (unpaired) electrons. The van der Waals surface area contributed by atoms with Crippen LogP contribution >= 0.6 is 0 Å². The van der Waals surface area contributed by atoms with Crippen LogP contribution in [0.1, 0.15) is 44.9 Å². The summed E-state index contributed by atoms with van der Waals surface area (Å²) in [5.41, 5.74) is 1.20. The van der Waals surface area contributed by atoms with E-state index in [0.29, 0.717) is 35.7 Å². The summed E-state index contributed by atoms with van der Waals surface area (Å²) in [4.78, 5) is 30.1. The van der Waals surface area contributed by atoms with Crippen molar-refractivity contribution in [3.05, 3.63) is 65.2 Å². The minimum absolute atomic E-state index is 0.0268. The summed E-state index contributed by atoms with van der Waals surface area (Å²) in [6.45, 7) is 10.7. The fourth-order valence-electron chi connectivity index (χ4n) is 4.20. The van der Waals surface area contributed by atoms with E-state index in [2.05, 4.69) is 18.7 Å². The summed E-state index contributed by atoms with van der Waals surface area (Å²) in [6, 6.07) is 13.5. The van der Waals surface area contributed by atoms with Crippen molar-refractivity contribution in [2.75, 3.05) is 33.3 Å². The number of carbonyl (C=O) groups is 2. The molecule has 7 nitrogen and oxygen atoms in total. The predicted octanol–water partition coefficient (Wildman–Crippen LogP) is 4.25. The molecule has 0 aliphatic carbocycles. The highest BCUT2D eigenvalue weighted by Gasteiger charge is 2.46. The summed E-state index contributed by atoms with van der Waals surface area (Å²) in [7, 11) is 1.53. The lowest BCUT2D eigenvalue weighted by Crippen LogP contribution is -2.38. The first-order valence-electron chi connectivity index (χ1n) is 11.7. The molecule has 1 aliphatic heterocycles. The molecule has 182 valence electrons. The number of benzene rings is 2. The molecule has 0 aromatic heterocycles. The predicted molar refractivity (Wildman–Crippen MR) is 132 cm³/mol. The van der Waals surface area contributed by atoms with Crippen LogP contribution in [0.4, 0.5) is 0 Å². The second kappa shape index (κ2) is 11.2. The van der Waals surface area contributed by atoms with E-state index in [1.807, 2.05) is 38.1 Å². The van der Waals surface area contributed by atoms with Gasteiger partial charge in [-0.1, -0.05) is 38.1 Å². The van der Waals surface area contributed by atoms with Gasteiger partial charge in [0.05, 0.1) is 24.8 Å². The van der Waals surface area contributed by atoms with Gasteiger partial charge >= 0.3 is 0 Å². The van der Waals surface area contributed by atoms with Crippen molar-refractivity contribution in [2.24, 2.45) is 0 Å². The van der Waals surface area contributed by atoms with Crippen LogP contribution in [0.2, 0.25) is 0 Å². The number of aliphatic hydroxyl groups is 1. The molecule has 0 spiro atoms. The quantitative estimate of drug-likeness (QED) is 0.320. The Morgan fingerprint density at radius 1 is 1.06 bits per heavy atom. The smallest absolute Gasteiger partial charge is 0.295 e. The molecule has 34 heavy (non-hydrogen) atoms. The third-order valence-electron chi connectivity index (χ3n) is 5.98. The van der Waals surface area contributed by atoms with Crippen LogP contribution in [0.5, 0.6) is 11.5 Å². The fraction of sp³-hybridized carbons (Fsp3) is 0.407. The Kier molecular flexibility index (Phi) is 8.34. The van der Waals surface area contributed by atoms with Crippen LogP contribution in [0.25, 0.3) is 5.76 Å². The SMILES string of the molecule is CCN(CC)CCN1C(=O)C(=O)/C(=C(\O)c2cccc(OC)c2)C1c1cccc(OC(C)C)c1. The van der Waals surface area contributed by atoms with Gasteiger partial charge in [0, 0.05) is 18.7 Å². The number of ketones is 1.